The van der Waals surface area contributed by atoms with E-state index >= 15 is 0 Å². The first-order valence-corrected chi connectivity index (χ1v) is 11.5. The molecular formula is C28H25NO7. The molecule has 3 aromatic carbocycles. The molecule has 3 aromatic rings. The summed E-state index contributed by atoms with van der Waals surface area (Å²) in [7, 11) is 0. The number of carbonyl (C=O) groups excluding carboxylic acids is 3. The zero-order valence-electron chi connectivity index (χ0n) is 19.8. The normalized spacial score (nSPS) is 16.7. The molecule has 8 heteroatoms. The molecule has 1 heterocycles. The lowest BCUT2D eigenvalue weighted by Gasteiger charge is -2.26. The lowest BCUT2D eigenvalue weighted by molar-refractivity contribution is -0.132. The van der Waals surface area contributed by atoms with E-state index in [-0.39, 0.29) is 34.9 Å². The Kier molecular flexibility index (Phi) is 7.05. The molecule has 8 nitrogen and oxygen atoms in total. The Morgan fingerprint density at radius 1 is 0.917 bits per heavy atom. The minimum absolute atomic E-state index is 0.0700. The Morgan fingerprint density at radius 2 is 1.64 bits per heavy atom. The number of ketones is 1. The van der Waals surface area contributed by atoms with Crippen LogP contribution in [0.3, 0.4) is 0 Å². The molecule has 0 aliphatic carbocycles. The van der Waals surface area contributed by atoms with E-state index in [1.165, 1.54) is 23.1 Å². The van der Waals surface area contributed by atoms with Gasteiger partial charge in [-0.15, -0.1) is 0 Å². The van der Waals surface area contributed by atoms with Crippen molar-refractivity contribution in [1.82, 2.24) is 0 Å². The molecule has 0 spiro atoms. The fraction of sp³-hybridized carbons (Fsp3) is 0.179. The summed E-state index contributed by atoms with van der Waals surface area (Å²) in [6.45, 7) is 4.18. The summed E-state index contributed by atoms with van der Waals surface area (Å²) >= 11 is 0. The van der Waals surface area contributed by atoms with Crippen LogP contribution in [0.1, 0.15) is 41.4 Å². The van der Waals surface area contributed by atoms with Gasteiger partial charge in [0.15, 0.2) is 0 Å². The van der Waals surface area contributed by atoms with Crippen molar-refractivity contribution in [2.24, 2.45) is 0 Å². The van der Waals surface area contributed by atoms with Gasteiger partial charge in [0, 0.05) is 11.3 Å². The van der Waals surface area contributed by atoms with Crippen LogP contribution in [-0.2, 0) is 14.3 Å². The lowest BCUT2D eigenvalue weighted by Crippen LogP contribution is -2.29. The maximum Gasteiger partial charge on any atom is 0.338 e. The molecule has 1 aliphatic rings. The highest BCUT2D eigenvalue weighted by molar-refractivity contribution is 6.51. The van der Waals surface area contributed by atoms with Gasteiger partial charge >= 0.3 is 5.97 Å². The lowest BCUT2D eigenvalue weighted by atomic mass is 9.95. The molecule has 0 radical (unpaired) electrons. The highest BCUT2D eigenvalue weighted by Crippen LogP contribution is 2.43. The molecule has 0 saturated carbocycles. The molecule has 0 aromatic heterocycles. The van der Waals surface area contributed by atoms with Gasteiger partial charge in [-0.2, -0.15) is 0 Å². The van der Waals surface area contributed by atoms with E-state index in [0.29, 0.717) is 23.5 Å². The maximum absolute atomic E-state index is 13.3. The van der Waals surface area contributed by atoms with Crippen molar-refractivity contribution in [1.29, 1.82) is 0 Å². The number of ether oxygens (including phenoxy) is 2. The number of aliphatic hydroxyl groups excluding tert-OH is 1. The van der Waals surface area contributed by atoms with Crippen LogP contribution >= 0.6 is 0 Å². The highest BCUT2D eigenvalue weighted by Gasteiger charge is 2.47. The summed E-state index contributed by atoms with van der Waals surface area (Å²) in [5.74, 6) is -2.18. The molecule has 1 saturated heterocycles. The number of hydrogen-bond donors (Lipinski definition) is 2. The molecule has 1 amide bonds. The van der Waals surface area contributed by atoms with Gasteiger partial charge in [-0.1, -0.05) is 18.2 Å². The van der Waals surface area contributed by atoms with Gasteiger partial charge in [0.05, 0.1) is 30.4 Å². The van der Waals surface area contributed by atoms with E-state index in [0.717, 1.165) is 0 Å². The van der Waals surface area contributed by atoms with Crippen molar-refractivity contribution in [3.05, 3.63) is 95.1 Å². The third-order valence-electron chi connectivity index (χ3n) is 5.70. The van der Waals surface area contributed by atoms with Crippen LogP contribution in [0, 0.1) is 0 Å². The van der Waals surface area contributed by atoms with Crippen molar-refractivity contribution >= 4 is 29.1 Å². The van der Waals surface area contributed by atoms with Gasteiger partial charge in [-0.3, -0.25) is 14.5 Å². The van der Waals surface area contributed by atoms with E-state index < -0.39 is 23.7 Å². The van der Waals surface area contributed by atoms with Crippen molar-refractivity contribution in [3.63, 3.8) is 0 Å². The summed E-state index contributed by atoms with van der Waals surface area (Å²) in [6.07, 6.45) is 0. The van der Waals surface area contributed by atoms with Gasteiger partial charge in [0.1, 0.15) is 17.3 Å². The summed E-state index contributed by atoms with van der Waals surface area (Å²) in [4.78, 5) is 40.1. The zero-order valence-corrected chi connectivity index (χ0v) is 19.8. The van der Waals surface area contributed by atoms with Gasteiger partial charge in [-0.25, -0.2) is 4.79 Å². The minimum atomic E-state index is -1.05. The number of phenols is 1. The zero-order chi connectivity index (χ0) is 25.8. The number of rotatable bonds is 7. The molecule has 4 rings (SSSR count). The number of aromatic hydroxyl groups is 1. The van der Waals surface area contributed by atoms with Crippen molar-refractivity contribution < 1.29 is 34.1 Å². The molecule has 184 valence electrons. The SMILES string of the molecule is CCOC(=O)c1cccc(N2C(=O)C(=O)/C(=C(/O)c3ccc(OCC)cc3)C2c2cccc(O)c2)c1. The van der Waals surface area contributed by atoms with Gasteiger partial charge in [-0.05, 0) is 74.0 Å². The second-order valence-corrected chi connectivity index (χ2v) is 7.99. The van der Waals surface area contributed by atoms with Crippen molar-refractivity contribution in [3.8, 4) is 11.5 Å². The van der Waals surface area contributed by atoms with Crippen LogP contribution in [0.2, 0.25) is 0 Å². The second-order valence-electron chi connectivity index (χ2n) is 7.99. The van der Waals surface area contributed by atoms with Crippen molar-refractivity contribution in [2.75, 3.05) is 18.1 Å². The number of amides is 1. The van der Waals surface area contributed by atoms with E-state index in [1.807, 2.05) is 6.92 Å². The average molecular weight is 488 g/mol. The molecule has 1 unspecified atom stereocenters. The van der Waals surface area contributed by atoms with E-state index in [9.17, 15) is 24.6 Å². The first kappa shape index (κ1) is 24.5. The predicted octanol–water partition coefficient (Wildman–Crippen LogP) is 4.59. The Morgan fingerprint density at radius 3 is 2.31 bits per heavy atom. The van der Waals surface area contributed by atoms with Gasteiger partial charge in [0.2, 0.25) is 0 Å². The van der Waals surface area contributed by atoms with Crippen molar-refractivity contribution in [2.45, 2.75) is 19.9 Å². The smallest absolute Gasteiger partial charge is 0.338 e. The van der Waals surface area contributed by atoms with Crippen LogP contribution in [0.15, 0.2) is 78.4 Å². The number of esters is 1. The Hall–Kier alpha value is -4.59. The predicted molar refractivity (Wildman–Crippen MR) is 133 cm³/mol. The molecule has 2 N–H and O–H groups in total. The standard InChI is InChI=1S/C28H25NO7/c1-3-35-22-13-11-17(12-14-22)25(31)23-24(18-7-6-10-21(30)16-18)29(27(33)26(23)32)20-9-5-8-19(15-20)28(34)36-4-2/h5-16,24,30-31H,3-4H2,1-2H3/b25-23+. The summed E-state index contributed by atoms with van der Waals surface area (Å²) in [5.41, 5.74) is 1.06. The molecular weight excluding hydrogens is 462 g/mol. The molecule has 1 atom stereocenters. The van der Waals surface area contributed by atoms with E-state index in [1.54, 1.807) is 61.5 Å². The summed E-state index contributed by atoms with van der Waals surface area (Å²) in [6, 6.07) is 17.7. The van der Waals surface area contributed by atoms with E-state index in [2.05, 4.69) is 0 Å². The number of hydrogen-bond acceptors (Lipinski definition) is 7. The monoisotopic (exact) mass is 487 g/mol. The quantitative estimate of drug-likeness (QED) is 0.217. The third kappa shape index (κ3) is 4.65. The first-order valence-electron chi connectivity index (χ1n) is 11.5. The molecule has 36 heavy (non-hydrogen) atoms. The number of nitrogens with zero attached hydrogens (tertiary/aromatic N) is 1. The number of carbonyl (C=O) groups is 3. The van der Waals surface area contributed by atoms with Crippen LogP contribution in [0.5, 0.6) is 11.5 Å². The van der Waals surface area contributed by atoms with Crippen LogP contribution in [-0.4, -0.2) is 41.1 Å². The largest absolute Gasteiger partial charge is 0.508 e. The average Bonchev–Trinajstić information content (AvgIpc) is 3.15. The maximum atomic E-state index is 13.3. The Bertz CT molecular complexity index is 1340. The number of benzene rings is 3. The summed E-state index contributed by atoms with van der Waals surface area (Å²) in [5, 5.41) is 21.3. The number of Topliss-reactive ketones (excluding diaryl/α,β-unsaturated/α-hetero) is 1. The minimum Gasteiger partial charge on any atom is -0.508 e. The van der Waals surface area contributed by atoms with Crippen LogP contribution < -0.4 is 9.64 Å². The number of phenolic OH excluding ortho intramolecular Hbond substituents is 1. The molecule has 0 bridgehead atoms. The Labute approximate surface area is 208 Å². The molecule has 1 aliphatic heterocycles. The highest BCUT2D eigenvalue weighted by atomic mass is 16.5. The fourth-order valence-corrected chi connectivity index (χ4v) is 4.14. The molecule has 1 fully saturated rings. The topological polar surface area (TPSA) is 113 Å². The summed E-state index contributed by atoms with van der Waals surface area (Å²) < 4.78 is 10.5. The Balaban J connectivity index is 1.88. The number of aliphatic hydroxyl groups is 1. The van der Waals surface area contributed by atoms with Crippen LogP contribution in [0.25, 0.3) is 5.76 Å². The fourth-order valence-electron chi connectivity index (χ4n) is 4.14. The number of anilines is 1. The third-order valence-corrected chi connectivity index (χ3v) is 5.70. The van der Waals surface area contributed by atoms with Gasteiger partial charge < -0.3 is 19.7 Å². The second kappa shape index (κ2) is 10.4. The van der Waals surface area contributed by atoms with E-state index in [4.69, 9.17) is 9.47 Å². The van der Waals surface area contributed by atoms with Gasteiger partial charge in [0.25, 0.3) is 11.7 Å². The van der Waals surface area contributed by atoms with Crippen LogP contribution in [0.4, 0.5) is 5.69 Å². The first-order chi connectivity index (χ1) is 17.3.